The molecule has 0 aromatic carbocycles. The molecule has 1 unspecified atom stereocenters. The minimum absolute atomic E-state index is 0.323. The van der Waals surface area contributed by atoms with Crippen molar-refractivity contribution in [3.8, 4) is 0 Å². The maximum absolute atomic E-state index is 11.8. The Labute approximate surface area is 105 Å². The lowest BCUT2D eigenvalue weighted by Gasteiger charge is -2.23. The minimum atomic E-state index is -0.998. The van der Waals surface area contributed by atoms with Crippen molar-refractivity contribution in [1.82, 2.24) is 10.6 Å². The summed E-state index contributed by atoms with van der Waals surface area (Å²) in [6, 6.07) is 3.19. The third kappa shape index (κ3) is 1.74. The summed E-state index contributed by atoms with van der Waals surface area (Å²) in [6.45, 7) is 0.323. The number of halogens is 1. The first-order chi connectivity index (χ1) is 7.58. The molecule has 1 aliphatic heterocycles. The van der Waals surface area contributed by atoms with E-state index in [1.54, 1.807) is 0 Å². The van der Waals surface area contributed by atoms with Crippen molar-refractivity contribution in [2.45, 2.75) is 12.0 Å². The Morgan fingerprint density at radius 1 is 1.44 bits per heavy atom. The van der Waals surface area contributed by atoms with Crippen LogP contribution in [0.25, 0.3) is 0 Å². The normalized spacial score (nSPS) is 24.4. The van der Waals surface area contributed by atoms with E-state index >= 15 is 0 Å². The molecule has 0 aliphatic carbocycles. The number of thiophene rings is 1. The highest BCUT2D eigenvalue weighted by Crippen LogP contribution is 2.35. The summed E-state index contributed by atoms with van der Waals surface area (Å²) in [7, 11) is 0. The summed E-state index contributed by atoms with van der Waals surface area (Å²) in [4.78, 5) is 23.9. The Morgan fingerprint density at radius 2 is 2.19 bits per heavy atom. The number of urea groups is 1. The molecular formula is C9H10BrN3O2S. The SMILES string of the molecule is NCCC1(c2ccc(Br)s2)NC(=O)NC1=O. The Kier molecular flexibility index (Phi) is 3.00. The van der Waals surface area contributed by atoms with E-state index in [0.29, 0.717) is 13.0 Å². The number of carbonyl (C=O) groups excluding carboxylic acids is 2. The van der Waals surface area contributed by atoms with Gasteiger partial charge in [0, 0.05) is 4.88 Å². The number of amides is 3. The Hall–Kier alpha value is -0.920. The van der Waals surface area contributed by atoms with Gasteiger partial charge in [0.2, 0.25) is 0 Å². The first-order valence-corrected chi connectivity index (χ1v) is 6.29. The first-order valence-electron chi connectivity index (χ1n) is 4.68. The molecule has 0 spiro atoms. The molecule has 3 amide bonds. The third-order valence-corrected chi connectivity index (χ3v) is 4.24. The highest BCUT2D eigenvalue weighted by Gasteiger charge is 2.47. The van der Waals surface area contributed by atoms with Crippen LogP contribution in [0.5, 0.6) is 0 Å². The van der Waals surface area contributed by atoms with Crippen LogP contribution in [0.2, 0.25) is 0 Å². The number of carbonyl (C=O) groups is 2. The summed E-state index contributed by atoms with van der Waals surface area (Å²) >= 11 is 4.75. The zero-order valence-electron chi connectivity index (χ0n) is 8.25. The van der Waals surface area contributed by atoms with Gasteiger partial charge in [-0.25, -0.2) is 4.79 Å². The van der Waals surface area contributed by atoms with Gasteiger partial charge >= 0.3 is 6.03 Å². The second-order valence-electron chi connectivity index (χ2n) is 3.46. The lowest BCUT2D eigenvalue weighted by Crippen LogP contribution is -2.44. The molecule has 1 aromatic heterocycles. The van der Waals surface area contributed by atoms with Crippen molar-refractivity contribution < 1.29 is 9.59 Å². The van der Waals surface area contributed by atoms with Gasteiger partial charge in [0.05, 0.1) is 3.79 Å². The maximum atomic E-state index is 11.8. The number of rotatable bonds is 3. The number of hydrogen-bond donors (Lipinski definition) is 3. The van der Waals surface area contributed by atoms with E-state index in [2.05, 4.69) is 26.6 Å². The van der Waals surface area contributed by atoms with Gasteiger partial charge in [-0.2, -0.15) is 0 Å². The molecule has 2 heterocycles. The summed E-state index contributed by atoms with van der Waals surface area (Å²) in [5, 5.41) is 4.90. The topological polar surface area (TPSA) is 84.2 Å². The highest BCUT2D eigenvalue weighted by atomic mass is 79.9. The minimum Gasteiger partial charge on any atom is -0.330 e. The molecule has 1 aromatic rings. The second-order valence-corrected chi connectivity index (χ2v) is 5.92. The molecule has 5 nitrogen and oxygen atoms in total. The molecule has 1 atom stereocenters. The summed E-state index contributed by atoms with van der Waals surface area (Å²) in [6.07, 6.45) is 0.386. The molecule has 0 radical (unpaired) electrons. The van der Waals surface area contributed by atoms with Crippen LogP contribution in [-0.4, -0.2) is 18.5 Å². The Balaban J connectivity index is 2.43. The fourth-order valence-electron chi connectivity index (χ4n) is 1.72. The van der Waals surface area contributed by atoms with Crippen molar-refractivity contribution >= 4 is 39.2 Å². The van der Waals surface area contributed by atoms with Gasteiger partial charge in [-0.05, 0) is 41.0 Å². The van der Waals surface area contributed by atoms with Crippen LogP contribution in [0.3, 0.4) is 0 Å². The Morgan fingerprint density at radius 3 is 2.62 bits per heavy atom. The van der Waals surface area contributed by atoms with E-state index in [1.165, 1.54) is 11.3 Å². The van der Waals surface area contributed by atoms with Crippen molar-refractivity contribution in [2.75, 3.05) is 6.54 Å². The lowest BCUT2D eigenvalue weighted by atomic mass is 9.93. The van der Waals surface area contributed by atoms with E-state index < -0.39 is 11.6 Å². The lowest BCUT2D eigenvalue weighted by molar-refractivity contribution is -0.124. The van der Waals surface area contributed by atoms with Crippen molar-refractivity contribution in [2.24, 2.45) is 5.73 Å². The van der Waals surface area contributed by atoms with Gasteiger partial charge in [-0.1, -0.05) is 0 Å². The van der Waals surface area contributed by atoms with Gasteiger partial charge < -0.3 is 11.1 Å². The van der Waals surface area contributed by atoms with Crippen molar-refractivity contribution in [3.63, 3.8) is 0 Å². The largest absolute Gasteiger partial charge is 0.330 e. The average molecular weight is 304 g/mol. The Bertz CT molecular complexity index is 448. The van der Waals surface area contributed by atoms with Gasteiger partial charge in [-0.3, -0.25) is 10.1 Å². The highest BCUT2D eigenvalue weighted by molar-refractivity contribution is 9.11. The number of nitrogens with two attached hydrogens (primary N) is 1. The quantitative estimate of drug-likeness (QED) is 0.725. The van der Waals surface area contributed by atoms with Crippen LogP contribution < -0.4 is 16.4 Å². The summed E-state index contributed by atoms with van der Waals surface area (Å²) < 4.78 is 0.910. The molecule has 0 bridgehead atoms. The monoisotopic (exact) mass is 303 g/mol. The van der Waals surface area contributed by atoms with Gasteiger partial charge in [-0.15, -0.1) is 11.3 Å². The van der Waals surface area contributed by atoms with Gasteiger partial charge in [0.15, 0.2) is 5.54 Å². The smallest absolute Gasteiger partial charge is 0.322 e. The predicted octanol–water partition coefficient (Wildman–Crippen LogP) is 0.894. The van der Waals surface area contributed by atoms with Crippen LogP contribution in [0.15, 0.2) is 15.9 Å². The standard InChI is InChI=1S/C9H10BrN3O2S/c10-6-2-1-5(16-6)9(3-4-11)7(14)12-8(15)13-9/h1-2H,3-4,11H2,(H2,12,13,14,15). The van der Waals surface area contributed by atoms with Crippen molar-refractivity contribution in [1.29, 1.82) is 0 Å². The fraction of sp³-hybridized carbons (Fsp3) is 0.333. The summed E-state index contributed by atoms with van der Waals surface area (Å²) in [5.41, 5.74) is 4.51. The van der Waals surface area contributed by atoms with Gasteiger partial charge in [0.25, 0.3) is 5.91 Å². The molecule has 86 valence electrons. The molecule has 2 rings (SSSR count). The predicted molar refractivity (Wildman–Crippen MR) is 64.0 cm³/mol. The van der Waals surface area contributed by atoms with Gasteiger partial charge in [0.1, 0.15) is 0 Å². The second kappa shape index (κ2) is 4.15. The maximum Gasteiger partial charge on any atom is 0.322 e. The average Bonchev–Trinajstić information content (AvgIpc) is 2.73. The molecule has 1 aliphatic rings. The van der Waals surface area contributed by atoms with Crippen LogP contribution in [-0.2, 0) is 10.3 Å². The van der Waals surface area contributed by atoms with E-state index in [4.69, 9.17) is 5.73 Å². The van der Waals surface area contributed by atoms with Crippen LogP contribution >= 0.6 is 27.3 Å². The van der Waals surface area contributed by atoms with Crippen molar-refractivity contribution in [3.05, 3.63) is 20.8 Å². The van der Waals surface area contributed by atoms with E-state index in [9.17, 15) is 9.59 Å². The third-order valence-electron chi connectivity index (χ3n) is 2.45. The van der Waals surface area contributed by atoms with Crippen LogP contribution in [0.4, 0.5) is 4.79 Å². The molecule has 0 saturated carbocycles. The summed E-state index contributed by atoms with van der Waals surface area (Å²) in [5.74, 6) is -0.336. The number of imide groups is 1. The van der Waals surface area contributed by atoms with E-state index in [0.717, 1.165) is 8.66 Å². The zero-order valence-corrected chi connectivity index (χ0v) is 10.7. The first kappa shape index (κ1) is 11.6. The van der Waals surface area contributed by atoms with Crippen LogP contribution in [0.1, 0.15) is 11.3 Å². The van der Waals surface area contributed by atoms with E-state index in [-0.39, 0.29) is 5.91 Å². The molecule has 1 fully saturated rings. The van der Waals surface area contributed by atoms with Crippen LogP contribution in [0, 0.1) is 0 Å². The molecule has 16 heavy (non-hydrogen) atoms. The molecule has 7 heteroatoms. The molecule has 1 saturated heterocycles. The van der Waals surface area contributed by atoms with E-state index in [1.807, 2.05) is 12.1 Å². The zero-order chi connectivity index (χ0) is 11.8. The number of nitrogens with one attached hydrogen (secondary N) is 2. The molecule has 4 N–H and O–H groups in total. The fourth-order valence-corrected chi connectivity index (χ4v) is 3.28. The molecular weight excluding hydrogens is 294 g/mol. The number of hydrogen-bond acceptors (Lipinski definition) is 4.